The molecule has 2 rings (SSSR count). The molecule has 0 spiro atoms. The fourth-order valence-electron chi connectivity index (χ4n) is 1.90. The van der Waals surface area contributed by atoms with E-state index in [0.29, 0.717) is 13.4 Å². The highest BCUT2D eigenvalue weighted by molar-refractivity contribution is 9.10. The number of hydrogen-bond donors (Lipinski definition) is 1. The molecule has 0 amide bonds. The lowest BCUT2D eigenvalue weighted by Crippen LogP contribution is -2.30. The molecule has 0 radical (unpaired) electrons. The highest BCUT2D eigenvalue weighted by Gasteiger charge is 2.14. The fraction of sp³-hybridized carbons (Fsp3) is 0.538. The molecular formula is C13H18BrNO3. The van der Waals surface area contributed by atoms with Crippen LogP contribution >= 0.6 is 15.9 Å². The lowest BCUT2D eigenvalue weighted by atomic mass is 10.1. The van der Waals surface area contributed by atoms with Crippen LogP contribution in [-0.4, -0.2) is 33.2 Å². The summed E-state index contributed by atoms with van der Waals surface area (Å²) in [5.74, 6) is 0. The van der Waals surface area contributed by atoms with Gasteiger partial charge in [-0.25, -0.2) is 0 Å². The van der Waals surface area contributed by atoms with E-state index >= 15 is 0 Å². The van der Waals surface area contributed by atoms with E-state index in [4.69, 9.17) is 14.2 Å². The number of benzene rings is 1. The van der Waals surface area contributed by atoms with Gasteiger partial charge in [0.25, 0.3) is 0 Å². The summed E-state index contributed by atoms with van der Waals surface area (Å²) >= 11 is 3.54. The van der Waals surface area contributed by atoms with Crippen molar-refractivity contribution < 1.29 is 14.2 Å². The molecule has 1 heterocycles. The quantitative estimate of drug-likeness (QED) is 0.907. The van der Waals surface area contributed by atoms with Gasteiger partial charge in [-0.15, -0.1) is 0 Å². The normalized spacial score (nSPS) is 19.8. The third-order valence-electron chi connectivity index (χ3n) is 2.90. The Labute approximate surface area is 116 Å². The molecule has 1 N–H and O–H groups in total. The molecule has 0 aliphatic carbocycles. The van der Waals surface area contributed by atoms with E-state index in [9.17, 15) is 0 Å². The van der Waals surface area contributed by atoms with Crippen LogP contribution in [0, 0.1) is 0 Å². The largest absolute Gasteiger partial charge is 0.382 e. The Morgan fingerprint density at radius 3 is 3.11 bits per heavy atom. The molecule has 1 atom stereocenters. The second-order valence-corrected chi connectivity index (χ2v) is 5.04. The van der Waals surface area contributed by atoms with Gasteiger partial charge in [-0.05, 0) is 18.6 Å². The van der Waals surface area contributed by atoms with E-state index in [1.54, 1.807) is 7.11 Å². The summed E-state index contributed by atoms with van der Waals surface area (Å²) in [5, 5.41) is 3.42. The number of rotatable bonds is 5. The van der Waals surface area contributed by atoms with Crippen LogP contribution in [0.1, 0.15) is 12.0 Å². The molecule has 100 valence electrons. The molecule has 1 fully saturated rings. The van der Waals surface area contributed by atoms with Gasteiger partial charge in [0, 0.05) is 29.4 Å². The third kappa shape index (κ3) is 3.68. The van der Waals surface area contributed by atoms with Gasteiger partial charge in [-0.2, -0.15) is 0 Å². The second kappa shape index (κ2) is 7.09. The predicted octanol–water partition coefficient (Wildman–Crippen LogP) is 2.77. The van der Waals surface area contributed by atoms with Gasteiger partial charge < -0.3 is 19.5 Å². The first kappa shape index (κ1) is 13.8. The molecule has 1 unspecified atom stereocenters. The van der Waals surface area contributed by atoms with Crippen LogP contribution in [0.25, 0.3) is 0 Å². The van der Waals surface area contributed by atoms with Crippen LogP contribution in [0.3, 0.4) is 0 Å². The Morgan fingerprint density at radius 2 is 2.39 bits per heavy atom. The standard InChI is InChI=1S/C13H18BrNO3/c1-16-8-11-12(14)3-2-4-13(11)15-7-10-5-6-17-9-18-10/h2-4,10,15H,5-9H2,1H3. The minimum absolute atomic E-state index is 0.216. The van der Waals surface area contributed by atoms with Crippen LogP contribution in [0.5, 0.6) is 0 Å². The zero-order valence-corrected chi connectivity index (χ0v) is 12.0. The first-order chi connectivity index (χ1) is 8.81. The molecule has 1 aromatic rings. The Morgan fingerprint density at radius 1 is 1.50 bits per heavy atom. The molecule has 0 saturated carbocycles. The predicted molar refractivity (Wildman–Crippen MR) is 73.7 cm³/mol. The molecule has 0 bridgehead atoms. The molecular weight excluding hydrogens is 298 g/mol. The molecule has 1 aromatic carbocycles. The monoisotopic (exact) mass is 315 g/mol. The average Bonchev–Trinajstić information content (AvgIpc) is 2.41. The number of halogens is 1. The zero-order valence-electron chi connectivity index (χ0n) is 10.4. The van der Waals surface area contributed by atoms with Crippen LogP contribution in [0.2, 0.25) is 0 Å². The first-order valence-electron chi connectivity index (χ1n) is 6.01. The van der Waals surface area contributed by atoms with Gasteiger partial charge >= 0.3 is 0 Å². The van der Waals surface area contributed by atoms with Crippen LogP contribution in [-0.2, 0) is 20.8 Å². The van der Waals surface area contributed by atoms with Crippen molar-refractivity contribution in [2.45, 2.75) is 19.1 Å². The lowest BCUT2D eigenvalue weighted by Gasteiger charge is -2.24. The highest BCUT2D eigenvalue weighted by Crippen LogP contribution is 2.25. The van der Waals surface area contributed by atoms with Crippen LogP contribution < -0.4 is 5.32 Å². The van der Waals surface area contributed by atoms with Gasteiger partial charge in [0.15, 0.2) is 0 Å². The first-order valence-corrected chi connectivity index (χ1v) is 6.80. The molecule has 4 nitrogen and oxygen atoms in total. The van der Waals surface area contributed by atoms with Crippen LogP contribution in [0.4, 0.5) is 5.69 Å². The molecule has 1 saturated heterocycles. The van der Waals surface area contributed by atoms with Crippen molar-refractivity contribution in [3.63, 3.8) is 0 Å². The maximum atomic E-state index is 5.50. The smallest absolute Gasteiger partial charge is 0.147 e. The summed E-state index contributed by atoms with van der Waals surface area (Å²) in [6.07, 6.45) is 1.15. The average molecular weight is 316 g/mol. The van der Waals surface area contributed by atoms with Crippen molar-refractivity contribution in [2.75, 3.05) is 32.4 Å². The van der Waals surface area contributed by atoms with Crippen LogP contribution in [0.15, 0.2) is 22.7 Å². The third-order valence-corrected chi connectivity index (χ3v) is 3.64. The van der Waals surface area contributed by atoms with E-state index in [1.807, 2.05) is 12.1 Å². The molecule has 0 aromatic heterocycles. The minimum atomic E-state index is 0.216. The topological polar surface area (TPSA) is 39.7 Å². The van der Waals surface area contributed by atoms with Gasteiger partial charge in [0.1, 0.15) is 6.79 Å². The van der Waals surface area contributed by atoms with E-state index in [1.165, 1.54) is 0 Å². The Hall–Kier alpha value is -0.620. The molecule has 1 aliphatic rings. The maximum Gasteiger partial charge on any atom is 0.147 e. The number of ether oxygens (including phenoxy) is 3. The van der Waals surface area contributed by atoms with E-state index in [0.717, 1.165) is 35.3 Å². The SMILES string of the molecule is COCc1c(Br)cccc1NCC1CCOCO1. The Bertz CT molecular complexity index is 380. The zero-order chi connectivity index (χ0) is 12.8. The molecule has 1 aliphatic heterocycles. The van der Waals surface area contributed by atoms with Gasteiger partial charge in [0.2, 0.25) is 0 Å². The van der Waals surface area contributed by atoms with Crippen molar-refractivity contribution >= 4 is 21.6 Å². The summed E-state index contributed by atoms with van der Waals surface area (Å²) in [4.78, 5) is 0. The summed E-state index contributed by atoms with van der Waals surface area (Å²) in [6.45, 7) is 2.54. The Balaban J connectivity index is 1.97. The van der Waals surface area contributed by atoms with E-state index in [-0.39, 0.29) is 6.10 Å². The lowest BCUT2D eigenvalue weighted by molar-refractivity contribution is -0.133. The summed E-state index contributed by atoms with van der Waals surface area (Å²) in [7, 11) is 1.70. The number of methoxy groups -OCH3 is 1. The number of anilines is 1. The van der Waals surface area contributed by atoms with Crippen molar-refractivity contribution in [3.05, 3.63) is 28.2 Å². The van der Waals surface area contributed by atoms with Gasteiger partial charge in [0.05, 0.1) is 19.3 Å². The van der Waals surface area contributed by atoms with Crippen molar-refractivity contribution in [1.82, 2.24) is 0 Å². The number of nitrogens with one attached hydrogen (secondary N) is 1. The van der Waals surface area contributed by atoms with Crippen molar-refractivity contribution in [2.24, 2.45) is 0 Å². The summed E-state index contributed by atoms with van der Waals surface area (Å²) in [5.41, 5.74) is 2.22. The van der Waals surface area contributed by atoms with E-state index < -0.39 is 0 Å². The summed E-state index contributed by atoms with van der Waals surface area (Å²) in [6, 6.07) is 6.08. The van der Waals surface area contributed by atoms with Crippen molar-refractivity contribution in [1.29, 1.82) is 0 Å². The van der Waals surface area contributed by atoms with E-state index in [2.05, 4.69) is 27.3 Å². The van der Waals surface area contributed by atoms with Crippen molar-refractivity contribution in [3.8, 4) is 0 Å². The molecule has 5 heteroatoms. The van der Waals surface area contributed by atoms with Gasteiger partial charge in [-0.3, -0.25) is 0 Å². The molecule has 18 heavy (non-hydrogen) atoms. The summed E-state index contributed by atoms with van der Waals surface area (Å²) < 4.78 is 16.9. The van der Waals surface area contributed by atoms with Gasteiger partial charge in [-0.1, -0.05) is 22.0 Å². The number of hydrogen-bond acceptors (Lipinski definition) is 4. The fourth-order valence-corrected chi connectivity index (χ4v) is 2.38. The minimum Gasteiger partial charge on any atom is -0.382 e. The maximum absolute atomic E-state index is 5.50. The second-order valence-electron chi connectivity index (χ2n) is 4.18. The Kier molecular flexibility index (Phi) is 5.44. The highest BCUT2D eigenvalue weighted by atomic mass is 79.9.